The fourth-order valence-electron chi connectivity index (χ4n) is 1.56. The highest BCUT2D eigenvalue weighted by molar-refractivity contribution is 5.39. The Morgan fingerprint density at radius 2 is 1.88 bits per heavy atom. The van der Waals surface area contributed by atoms with Crippen LogP contribution >= 0.6 is 0 Å². The van der Waals surface area contributed by atoms with Crippen LogP contribution in [0.2, 0.25) is 0 Å². The smallest absolute Gasteiger partial charge is 0.126 e. The van der Waals surface area contributed by atoms with Crippen LogP contribution in [0.1, 0.15) is 17.3 Å². The maximum atomic E-state index is 6.05. The third kappa shape index (κ3) is 2.35. The Kier molecular flexibility index (Phi) is 3.12. The van der Waals surface area contributed by atoms with Crippen LogP contribution < -0.4 is 11.5 Å². The van der Waals surface area contributed by atoms with E-state index in [0.29, 0.717) is 12.2 Å². The molecule has 0 aliphatic heterocycles. The zero-order valence-corrected chi connectivity index (χ0v) is 8.88. The summed E-state index contributed by atoms with van der Waals surface area (Å²) in [5.74, 6) is 0.536. The number of rotatable bonds is 3. The third-order valence-corrected chi connectivity index (χ3v) is 2.43. The molecule has 0 saturated heterocycles. The summed E-state index contributed by atoms with van der Waals surface area (Å²) in [4.78, 5) is 8.25. The van der Waals surface area contributed by atoms with Gasteiger partial charge in [0.2, 0.25) is 0 Å². The highest BCUT2D eigenvalue weighted by Crippen LogP contribution is 2.16. The summed E-state index contributed by atoms with van der Waals surface area (Å²) >= 11 is 0. The van der Waals surface area contributed by atoms with Gasteiger partial charge in [-0.2, -0.15) is 0 Å². The molecule has 0 aliphatic carbocycles. The van der Waals surface area contributed by atoms with Gasteiger partial charge < -0.3 is 11.5 Å². The number of aromatic nitrogens is 2. The number of pyridine rings is 2. The Morgan fingerprint density at radius 3 is 2.56 bits per heavy atom. The van der Waals surface area contributed by atoms with Gasteiger partial charge in [-0.1, -0.05) is 12.1 Å². The maximum absolute atomic E-state index is 6.05. The van der Waals surface area contributed by atoms with Gasteiger partial charge in [0.15, 0.2) is 0 Å². The molecule has 0 spiro atoms. The summed E-state index contributed by atoms with van der Waals surface area (Å²) in [6.07, 6.45) is 4.06. The summed E-state index contributed by atoms with van der Waals surface area (Å²) in [5, 5.41) is 0. The third-order valence-electron chi connectivity index (χ3n) is 2.43. The molecular formula is C12H14N4. The van der Waals surface area contributed by atoms with Crippen molar-refractivity contribution in [2.75, 3.05) is 5.73 Å². The minimum Gasteiger partial charge on any atom is -0.383 e. The number of nitrogens with zero attached hydrogens (tertiary/aromatic N) is 2. The molecule has 0 aromatic carbocycles. The monoisotopic (exact) mass is 214 g/mol. The first-order chi connectivity index (χ1) is 7.77. The van der Waals surface area contributed by atoms with Crippen molar-refractivity contribution in [3.05, 3.63) is 54.0 Å². The lowest BCUT2D eigenvalue weighted by molar-refractivity contribution is 0.696. The van der Waals surface area contributed by atoms with Gasteiger partial charge in [-0.15, -0.1) is 0 Å². The summed E-state index contributed by atoms with van der Waals surface area (Å²) < 4.78 is 0. The number of nitrogens with two attached hydrogens (primary N) is 2. The van der Waals surface area contributed by atoms with Gasteiger partial charge in [0.05, 0.1) is 11.7 Å². The van der Waals surface area contributed by atoms with Gasteiger partial charge >= 0.3 is 0 Å². The minimum atomic E-state index is -0.146. The summed E-state index contributed by atoms with van der Waals surface area (Å²) in [6, 6.07) is 9.36. The second-order valence-electron chi connectivity index (χ2n) is 3.61. The largest absolute Gasteiger partial charge is 0.383 e. The fourth-order valence-corrected chi connectivity index (χ4v) is 1.56. The molecule has 2 rings (SSSR count). The average Bonchev–Trinajstić information content (AvgIpc) is 2.33. The van der Waals surface area contributed by atoms with Crippen LogP contribution in [0.25, 0.3) is 0 Å². The van der Waals surface area contributed by atoms with Crippen molar-refractivity contribution < 1.29 is 0 Å². The lowest BCUT2D eigenvalue weighted by Crippen LogP contribution is -2.15. The van der Waals surface area contributed by atoms with Crippen LogP contribution in [0, 0.1) is 0 Å². The number of nitrogen functional groups attached to an aromatic ring is 1. The van der Waals surface area contributed by atoms with Crippen molar-refractivity contribution in [1.29, 1.82) is 0 Å². The van der Waals surface area contributed by atoms with Crippen molar-refractivity contribution in [2.45, 2.75) is 12.5 Å². The van der Waals surface area contributed by atoms with E-state index in [1.54, 1.807) is 12.4 Å². The lowest BCUT2D eigenvalue weighted by atomic mass is 10.0. The zero-order chi connectivity index (χ0) is 11.4. The first-order valence-electron chi connectivity index (χ1n) is 5.13. The van der Waals surface area contributed by atoms with Gasteiger partial charge in [-0.3, -0.25) is 4.98 Å². The molecule has 16 heavy (non-hydrogen) atoms. The van der Waals surface area contributed by atoms with Gasteiger partial charge in [0.1, 0.15) is 5.82 Å². The van der Waals surface area contributed by atoms with Crippen molar-refractivity contribution in [2.24, 2.45) is 5.73 Å². The van der Waals surface area contributed by atoms with Crippen LogP contribution in [0.4, 0.5) is 5.82 Å². The Hall–Kier alpha value is -1.94. The Morgan fingerprint density at radius 1 is 1.06 bits per heavy atom. The molecule has 4 nitrogen and oxygen atoms in total. The van der Waals surface area contributed by atoms with Gasteiger partial charge in [0.25, 0.3) is 0 Å². The molecule has 4 heteroatoms. The van der Waals surface area contributed by atoms with E-state index in [9.17, 15) is 0 Å². The van der Waals surface area contributed by atoms with Gasteiger partial charge in [-0.05, 0) is 30.2 Å². The number of hydrogen-bond acceptors (Lipinski definition) is 4. The normalized spacial score (nSPS) is 12.3. The predicted molar refractivity (Wildman–Crippen MR) is 63.5 cm³/mol. The molecule has 4 N–H and O–H groups in total. The summed E-state index contributed by atoms with van der Waals surface area (Å²) in [5.41, 5.74) is 13.6. The first kappa shape index (κ1) is 10.6. The molecular weight excluding hydrogens is 200 g/mol. The van der Waals surface area contributed by atoms with E-state index in [2.05, 4.69) is 9.97 Å². The number of anilines is 1. The molecule has 0 saturated carbocycles. The SMILES string of the molecule is Nc1ncccc1CC(N)c1ccccn1. The number of hydrogen-bond donors (Lipinski definition) is 2. The van der Waals surface area contributed by atoms with E-state index in [1.165, 1.54) is 0 Å². The van der Waals surface area contributed by atoms with Crippen LogP contribution in [-0.4, -0.2) is 9.97 Å². The van der Waals surface area contributed by atoms with E-state index in [1.807, 2.05) is 30.3 Å². The molecule has 0 amide bonds. The molecule has 1 atom stereocenters. The van der Waals surface area contributed by atoms with Crippen molar-refractivity contribution >= 4 is 5.82 Å². The molecule has 2 aromatic heterocycles. The van der Waals surface area contributed by atoms with Gasteiger partial charge in [0, 0.05) is 12.4 Å². The quantitative estimate of drug-likeness (QED) is 0.807. The van der Waals surface area contributed by atoms with Crippen molar-refractivity contribution in [3.63, 3.8) is 0 Å². The molecule has 0 fully saturated rings. The maximum Gasteiger partial charge on any atom is 0.126 e. The molecule has 0 radical (unpaired) electrons. The summed E-state index contributed by atoms with van der Waals surface area (Å²) in [6.45, 7) is 0. The molecule has 0 aliphatic rings. The molecule has 82 valence electrons. The van der Waals surface area contributed by atoms with E-state index < -0.39 is 0 Å². The van der Waals surface area contributed by atoms with Crippen LogP contribution in [0.15, 0.2) is 42.7 Å². The summed E-state index contributed by atoms with van der Waals surface area (Å²) in [7, 11) is 0. The molecule has 2 heterocycles. The molecule has 1 unspecified atom stereocenters. The van der Waals surface area contributed by atoms with Crippen LogP contribution in [0.5, 0.6) is 0 Å². The molecule has 0 bridgehead atoms. The Balaban J connectivity index is 2.14. The first-order valence-corrected chi connectivity index (χ1v) is 5.13. The van der Waals surface area contributed by atoms with E-state index in [4.69, 9.17) is 11.5 Å². The van der Waals surface area contributed by atoms with Gasteiger partial charge in [-0.25, -0.2) is 4.98 Å². The Bertz CT molecular complexity index is 456. The average molecular weight is 214 g/mol. The van der Waals surface area contributed by atoms with Crippen molar-refractivity contribution in [3.8, 4) is 0 Å². The van der Waals surface area contributed by atoms with E-state index in [-0.39, 0.29) is 6.04 Å². The predicted octanol–water partition coefficient (Wildman–Crippen LogP) is 1.30. The van der Waals surface area contributed by atoms with Crippen LogP contribution in [0.3, 0.4) is 0 Å². The second kappa shape index (κ2) is 4.72. The van der Waals surface area contributed by atoms with E-state index in [0.717, 1.165) is 11.3 Å². The minimum absolute atomic E-state index is 0.146. The fraction of sp³-hybridized carbons (Fsp3) is 0.167. The van der Waals surface area contributed by atoms with Crippen molar-refractivity contribution in [1.82, 2.24) is 9.97 Å². The Labute approximate surface area is 94.3 Å². The standard InChI is InChI=1S/C12H14N4/c13-10(11-5-1-2-6-15-11)8-9-4-3-7-16-12(9)14/h1-7,10H,8,13H2,(H2,14,16). The highest BCUT2D eigenvalue weighted by Gasteiger charge is 2.09. The molecule has 2 aromatic rings. The lowest BCUT2D eigenvalue weighted by Gasteiger charge is -2.11. The topological polar surface area (TPSA) is 77.8 Å². The zero-order valence-electron chi connectivity index (χ0n) is 8.88. The second-order valence-corrected chi connectivity index (χ2v) is 3.61. The highest BCUT2D eigenvalue weighted by atomic mass is 14.8. The van der Waals surface area contributed by atoms with E-state index >= 15 is 0 Å². The van der Waals surface area contributed by atoms with Crippen LogP contribution in [-0.2, 0) is 6.42 Å².